The van der Waals surface area contributed by atoms with E-state index < -0.39 is 0 Å². The highest BCUT2D eigenvalue weighted by Gasteiger charge is 2.12. The Labute approximate surface area is 164 Å². The van der Waals surface area contributed by atoms with Crippen LogP contribution in [0.3, 0.4) is 0 Å². The number of anilines is 1. The lowest BCUT2D eigenvalue weighted by Crippen LogP contribution is -2.30. The van der Waals surface area contributed by atoms with Gasteiger partial charge in [-0.25, -0.2) is 9.78 Å². The van der Waals surface area contributed by atoms with Crippen LogP contribution in [0.2, 0.25) is 0 Å². The quantitative estimate of drug-likeness (QED) is 0.647. The molecule has 3 rings (SSSR count). The van der Waals surface area contributed by atoms with Crippen molar-refractivity contribution in [2.24, 2.45) is 0 Å². The minimum atomic E-state index is -0.297. The van der Waals surface area contributed by atoms with Crippen molar-refractivity contribution < 1.29 is 14.6 Å². The maximum Gasteiger partial charge on any atom is 0.321 e. The Morgan fingerprint density at radius 1 is 1.14 bits per heavy atom. The van der Waals surface area contributed by atoms with Gasteiger partial charge in [0, 0.05) is 18.7 Å². The molecule has 2 N–H and O–H groups in total. The number of aromatic nitrogens is 1. The van der Waals surface area contributed by atoms with Crippen LogP contribution < -0.4 is 10.1 Å². The van der Waals surface area contributed by atoms with Gasteiger partial charge in [0.2, 0.25) is 5.88 Å². The molecule has 0 spiro atoms. The van der Waals surface area contributed by atoms with Crippen LogP contribution >= 0.6 is 0 Å². The summed E-state index contributed by atoms with van der Waals surface area (Å²) in [5, 5.41) is 12.6. The number of carbonyl (C=O) groups excluding carboxylic acids is 1. The molecule has 0 aliphatic carbocycles. The minimum absolute atomic E-state index is 0.164. The molecular formula is C22H23N3O3. The molecule has 6 nitrogen and oxygen atoms in total. The van der Waals surface area contributed by atoms with E-state index in [0.717, 1.165) is 12.2 Å². The smallest absolute Gasteiger partial charge is 0.321 e. The van der Waals surface area contributed by atoms with Crippen molar-refractivity contribution >= 4 is 11.7 Å². The number of para-hydroxylation sites is 1. The lowest BCUT2D eigenvalue weighted by Gasteiger charge is -2.18. The van der Waals surface area contributed by atoms with E-state index in [1.165, 1.54) is 10.5 Å². The molecule has 0 saturated carbocycles. The summed E-state index contributed by atoms with van der Waals surface area (Å²) in [5.74, 6) is 1.34. The summed E-state index contributed by atoms with van der Waals surface area (Å²) >= 11 is 0. The fourth-order valence-electron chi connectivity index (χ4n) is 2.66. The molecule has 0 aliphatic heterocycles. The molecule has 144 valence electrons. The molecule has 0 aliphatic rings. The number of phenols is 1. The Hall–Kier alpha value is -3.54. The van der Waals surface area contributed by atoms with E-state index in [2.05, 4.69) is 17.2 Å². The zero-order valence-electron chi connectivity index (χ0n) is 15.9. The van der Waals surface area contributed by atoms with Crippen LogP contribution in [0.15, 0.2) is 66.9 Å². The first-order chi connectivity index (χ1) is 13.5. The monoisotopic (exact) mass is 377 g/mol. The van der Waals surface area contributed by atoms with E-state index in [-0.39, 0.29) is 11.8 Å². The van der Waals surface area contributed by atoms with Crippen LogP contribution in [0, 0.1) is 0 Å². The van der Waals surface area contributed by atoms with E-state index in [0.29, 0.717) is 23.7 Å². The van der Waals surface area contributed by atoms with Gasteiger partial charge in [-0.1, -0.05) is 37.3 Å². The van der Waals surface area contributed by atoms with Gasteiger partial charge in [-0.2, -0.15) is 0 Å². The molecule has 1 heterocycles. The summed E-state index contributed by atoms with van der Waals surface area (Å²) in [4.78, 5) is 18.1. The topological polar surface area (TPSA) is 74.7 Å². The van der Waals surface area contributed by atoms with Crippen LogP contribution in [0.4, 0.5) is 10.5 Å². The van der Waals surface area contributed by atoms with Gasteiger partial charge in [-0.15, -0.1) is 0 Å². The lowest BCUT2D eigenvalue weighted by molar-refractivity contribution is 0.220. The van der Waals surface area contributed by atoms with Gasteiger partial charge < -0.3 is 20.1 Å². The van der Waals surface area contributed by atoms with Crippen LogP contribution in [0.25, 0.3) is 0 Å². The summed E-state index contributed by atoms with van der Waals surface area (Å²) < 4.78 is 5.76. The third-order valence-electron chi connectivity index (χ3n) is 4.26. The fraction of sp³-hybridized carbons (Fsp3) is 0.182. The molecule has 0 saturated heterocycles. The Bertz CT molecular complexity index is 942. The van der Waals surface area contributed by atoms with Gasteiger partial charge in [0.25, 0.3) is 0 Å². The third-order valence-corrected chi connectivity index (χ3v) is 4.26. The summed E-state index contributed by atoms with van der Waals surface area (Å²) in [6, 6.07) is 17.9. The van der Waals surface area contributed by atoms with Crippen molar-refractivity contribution in [3.05, 3.63) is 78.0 Å². The van der Waals surface area contributed by atoms with Gasteiger partial charge in [0.1, 0.15) is 11.5 Å². The van der Waals surface area contributed by atoms with Crippen LogP contribution in [0.1, 0.15) is 18.1 Å². The molecule has 0 fully saturated rings. The second-order valence-corrected chi connectivity index (χ2v) is 6.40. The number of pyridine rings is 1. The van der Waals surface area contributed by atoms with Crippen LogP contribution in [-0.4, -0.2) is 28.1 Å². The van der Waals surface area contributed by atoms with E-state index in [1.807, 2.05) is 30.3 Å². The number of urea groups is 1. The molecule has 6 heteroatoms. The first-order valence-electron chi connectivity index (χ1n) is 9.07. The molecule has 2 aromatic carbocycles. The number of ether oxygens (including phenoxy) is 1. The normalized spacial score (nSPS) is 10.4. The Kier molecular flexibility index (Phi) is 6.11. The number of nitrogens with zero attached hydrogens (tertiary/aromatic N) is 2. The molecule has 0 bridgehead atoms. The van der Waals surface area contributed by atoms with Gasteiger partial charge in [-0.3, -0.25) is 0 Å². The SMILES string of the molecule is CCc1cccc(Oc2ccc(NC(=O)N(C)Cc3ccccc3O)cn2)c1. The van der Waals surface area contributed by atoms with Crippen molar-refractivity contribution in [1.82, 2.24) is 9.88 Å². The van der Waals surface area contributed by atoms with Crippen molar-refractivity contribution in [3.63, 3.8) is 0 Å². The number of amides is 2. The lowest BCUT2D eigenvalue weighted by atomic mass is 10.2. The molecule has 2 amide bonds. The summed E-state index contributed by atoms with van der Waals surface area (Å²) in [6.07, 6.45) is 2.48. The molecule has 3 aromatic rings. The Balaban J connectivity index is 1.58. The third kappa shape index (κ3) is 5.01. The highest BCUT2D eigenvalue weighted by atomic mass is 16.5. The number of aromatic hydroxyl groups is 1. The number of phenolic OH excluding ortho intramolecular Hbond substituents is 1. The van der Waals surface area contributed by atoms with Crippen molar-refractivity contribution in [2.45, 2.75) is 19.9 Å². The number of nitrogens with one attached hydrogen (secondary N) is 1. The number of benzene rings is 2. The number of hydrogen-bond donors (Lipinski definition) is 2. The van der Waals surface area contributed by atoms with Gasteiger partial charge in [-0.05, 0) is 36.2 Å². The maximum absolute atomic E-state index is 12.3. The average Bonchev–Trinajstić information content (AvgIpc) is 2.71. The van der Waals surface area contributed by atoms with Gasteiger partial charge in [0.15, 0.2) is 0 Å². The second-order valence-electron chi connectivity index (χ2n) is 6.40. The molecule has 0 radical (unpaired) electrons. The minimum Gasteiger partial charge on any atom is -0.508 e. The van der Waals surface area contributed by atoms with E-state index in [9.17, 15) is 9.90 Å². The van der Waals surface area contributed by atoms with Crippen molar-refractivity contribution in [2.75, 3.05) is 12.4 Å². The van der Waals surface area contributed by atoms with E-state index in [4.69, 9.17) is 4.74 Å². The Morgan fingerprint density at radius 3 is 2.68 bits per heavy atom. The first kappa shape index (κ1) is 19.2. The van der Waals surface area contributed by atoms with Gasteiger partial charge in [0.05, 0.1) is 18.4 Å². The highest BCUT2D eigenvalue weighted by molar-refractivity contribution is 5.88. The summed E-state index contributed by atoms with van der Waals surface area (Å²) in [6.45, 7) is 2.38. The average molecular weight is 377 g/mol. The molecular weight excluding hydrogens is 354 g/mol. The maximum atomic E-state index is 12.3. The van der Waals surface area contributed by atoms with Crippen LogP contribution in [0.5, 0.6) is 17.4 Å². The van der Waals surface area contributed by atoms with E-state index >= 15 is 0 Å². The predicted octanol–water partition coefficient (Wildman–Crippen LogP) is 4.81. The number of carbonyl (C=O) groups is 1. The molecule has 0 unspecified atom stereocenters. The summed E-state index contributed by atoms with van der Waals surface area (Å²) in [7, 11) is 1.66. The highest BCUT2D eigenvalue weighted by Crippen LogP contribution is 2.22. The number of hydrogen-bond acceptors (Lipinski definition) is 4. The van der Waals surface area contributed by atoms with Crippen LogP contribution in [-0.2, 0) is 13.0 Å². The summed E-state index contributed by atoms with van der Waals surface area (Å²) in [5.41, 5.74) is 2.42. The predicted molar refractivity (Wildman–Crippen MR) is 109 cm³/mol. The van der Waals surface area contributed by atoms with Crippen molar-refractivity contribution in [3.8, 4) is 17.4 Å². The largest absolute Gasteiger partial charge is 0.508 e. The zero-order valence-corrected chi connectivity index (χ0v) is 15.9. The molecule has 0 atom stereocenters. The fourth-order valence-corrected chi connectivity index (χ4v) is 2.66. The second kappa shape index (κ2) is 8.90. The van der Waals surface area contributed by atoms with Crippen molar-refractivity contribution in [1.29, 1.82) is 0 Å². The molecule has 1 aromatic heterocycles. The zero-order chi connectivity index (χ0) is 19.9. The standard InChI is InChI=1S/C22H23N3O3/c1-3-16-7-6-9-19(13-16)28-21-12-11-18(14-23-21)24-22(27)25(2)15-17-8-4-5-10-20(17)26/h4-14,26H,3,15H2,1-2H3,(H,24,27). The Morgan fingerprint density at radius 2 is 1.96 bits per heavy atom. The first-order valence-corrected chi connectivity index (χ1v) is 9.07. The molecule has 28 heavy (non-hydrogen) atoms. The van der Waals surface area contributed by atoms with E-state index in [1.54, 1.807) is 43.6 Å². The number of rotatable bonds is 6. The van der Waals surface area contributed by atoms with Gasteiger partial charge >= 0.3 is 6.03 Å². The number of aryl methyl sites for hydroxylation is 1.